The van der Waals surface area contributed by atoms with Crippen molar-refractivity contribution in [3.63, 3.8) is 0 Å². The van der Waals surface area contributed by atoms with E-state index in [4.69, 9.17) is 4.74 Å². The van der Waals surface area contributed by atoms with Gasteiger partial charge in [-0.3, -0.25) is 4.90 Å². The normalized spacial score (nSPS) is 24.3. The maximum absolute atomic E-state index is 6.23. The van der Waals surface area contributed by atoms with Crippen LogP contribution in [0.4, 0.5) is 5.95 Å². The monoisotopic (exact) mass is 333 g/mol. The largest absolute Gasteiger partial charge is 0.373 e. The lowest BCUT2D eigenvalue weighted by atomic mass is 9.87. The van der Waals surface area contributed by atoms with E-state index >= 15 is 0 Å². The van der Waals surface area contributed by atoms with Gasteiger partial charge in [-0.25, -0.2) is 9.97 Å². The number of rotatable bonds is 4. The lowest BCUT2D eigenvalue weighted by molar-refractivity contribution is -0.0448. The van der Waals surface area contributed by atoms with Crippen molar-refractivity contribution in [3.05, 3.63) is 29.0 Å². The fourth-order valence-corrected chi connectivity index (χ4v) is 4.27. The zero-order chi connectivity index (χ0) is 15.7. The molecular weight excluding hydrogens is 310 g/mol. The Bertz CT molecular complexity index is 633. The molecule has 2 saturated heterocycles. The fraction of sp³-hybridized carbons (Fsp3) is 0.625. The van der Waals surface area contributed by atoms with Crippen LogP contribution in [0.25, 0.3) is 0 Å². The van der Waals surface area contributed by atoms with E-state index in [1.54, 1.807) is 11.3 Å². The third-order valence-electron chi connectivity index (χ3n) is 4.97. The Morgan fingerprint density at radius 2 is 2.22 bits per heavy atom. The van der Waals surface area contributed by atoms with Gasteiger partial charge in [0.25, 0.3) is 0 Å². The van der Waals surface area contributed by atoms with Crippen molar-refractivity contribution in [2.75, 3.05) is 25.0 Å². The van der Waals surface area contributed by atoms with E-state index in [0.717, 1.165) is 51.5 Å². The summed E-state index contributed by atoms with van der Waals surface area (Å²) < 4.78 is 8.24. The minimum absolute atomic E-state index is 0.0577. The van der Waals surface area contributed by atoms with Gasteiger partial charge in [-0.2, -0.15) is 0 Å². The van der Waals surface area contributed by atoms with E-state index in [1.807, 2.05) is 30.2 Å². The number of nitrogens with one attached hydrogen (secondary N) is 1. The fourth-order valence-electron chi connectivity index (χ4n) is 3.61. The number of ether oxygens (including phenoxy) is 1. The number of hydrogen-bond acceptors (Lipinski definition) is 6. The van der Waals surface area contributed by atoms with Gasteiger partial charge in [-0.05, 0) is 19.3 Å². The minimum atomic E-state index is 0.0577. The highest BCUT2D eigenvalue weighted by Gasteiger charge is 2.42. The Hall–Kier alpha value is -1.44. The van der Waals surface area contributed by atoms with Crippen LogP contribution in [-0.4, -0.2) is 50.8 Å². The predicted molar refractivity (Wildman–Crippen MR) is 90.5 cm³/mol. The van der Waals surface area contributed by atoms with Gasteiger partial charge in [-0.1, -0.05) is 0 Å². The molecule has 2 aliphatic heterocycles. The molecule has 6 nitrogen and oxygen atoms in total. The van der Waals surface area contributed by atoms with Gasteiger partial charge in [0.1, 0.15) is 5.01 Å². The molecular formula is C16H23N5OS. The van der Waals surface area contributed by atoms with E-state index in [1.165, 1.54) is 5.01 Å². The summed E-state index contributed by atoms with van der Waals surface area (Å²) in [5, 5.41) is 6.77. The van der Waals surface area contributed by atoms with Gasteiger partial charge in [0.05, 0.1) is 24.8 Å². The van der Waals surface area contributed by atoms with Gasteiger partial charge in [0.15, 0.2) is 0 Å². The first-order valence-corrected chi connectivity index (χ1v) is 9.09. The summed E-state index contributed by atoms with van der Waals surface area (Å²) in [5.74, 6) is 0.928. The Morgan fingerprint density at radius 3 is 2.91 bits per heavy atom. The van der Waals surface area contributed by atoms with Gasteiger partial charge in [0.2, 0.25) is 5.95 Å². The molecule has 1 atom stereocenters. The van der Waals surface area contributed by atoms with E-state index < -0.39 is 0 Å². The zero-order valence-corrected chi connectivity index (χ0v) is 14.3. The number of nitrogens with zero attached hydrogens (tertiary/aromatic N) is 4. The van der Waals surface area contributed by atoms with Crippen molar-refractivity contribution in [1.29, 1.82) is 0 Å². The Kier molecular flexibility index (Phi) is 4.09. The summed E-state index contributed by atoms with van der Waals surface area (Å²) in [6, 6.07) is 0.363. The summed E-state index contributed by atoms with van der Waals surface area (Å²) in [6.45, 7) is 3.94. The quantitative estimate of drug-likeness (QED) is 0.929. The topological polar surface area (TPSA) is 55.2 Å². The first-order valence-electron chi connectivity index (χ1n) is 8.21. The second kappa shape index (κ2) is 6.22. The van der Waals surface area contributed by atoms with Crippen LogP contribution < -0.4 is 5.32 Å². The van der Waals surface area contributed by atoms with Gasteiger partial charge < -0.3 is 14.6 Å². The molecule has 2 aromatic heterocycles. The standard InChI is InChI=1S/C16H23N5OS/c1-20-8-4-18-15(20)19-13-10-16(22-12-13)2-6-21(7-3-16)11-14-17-5-9-23-14/h4-5,8-9,13H,2-3,6-7,10-12H2,1H3,(H,18,19). The molecule has 4 heterocycles. The molecule has 2 fully saturated rings. The Balaban J connectivity index is 1.30. The molecule has 2 aromatic rings. The van der Waals surface area contributed by atoms with Crippen molar-refractivity contribution in [1.82, 2.24) is 19.4 Å². The highest BCUT2D eigenvalue weighted by molar-refractivity contribution is 7.09. The van der Waals surface area contributed by atoms with Crippen molar-refractivity contribution in [2.45, 2.75) is 37.5 Å². The van der Waals surface area contributed by atoms with Crippen LogP contribution in [0.2, 0.25) is 0 Å². The minimum Gasteiger partial charge on any atom is -0.373 e. The summed E-state index contributed by atoms with van der Waals surface area (Å²) >= 11 is 1.74. The maximum atomic E-state index is 6.23. The molecule has 1 spiro atoms. The van der Waals surface area contributed by atoms with Crippen molar-refractivity contribution in [2.24, 2.45) is 7.05 Å². The van der Waals surface area contributed by atoms with Crippen molar-refractivity contribution in [3.8, 4) is 0 Å². The van der Waals surface area contributed by atoms with Crippen LogP contribution in [-0.2, 0) is 18.3 Å². The summed E-state index contributed by atoms with van der Waals surface area (Å²) in [6.07, 6.45) is 8.97. The second-order valence-electron chi connectivity index (χ2n) is 6.60. The van der Waals surface area contributed by atoms with E-state index in [-0.39, 0.29) is 5.60 Å². The highest BCUT2D eigenvalue weighted by Crippen LogP contribution is 2.37. The summed E-state index contributed by atoms with van der Waals surface area (Å²) in [7, 11) is 2.01. The first kappa shape index (κ1) is 15.1. The number of likely N-dealkylation sites (tertiary alicyclic amines) is 1. The average Bonchev–Trinajstić information content (AvgIpc) is 3.27. The number of imidazole rings is 1. The number of thiazole rings is 1. The maximum Gasteiger partial charge on any atom is 0.202 e. The number of anilines is 1. The van der Waals surface area contributed by atoms with Gasteiger partial charge in [-0.15, -0.1) is 11.3 Å². The number of aryl methyl sites for hydroxylation is 1. The molecule has 1 unspecified atom stereocenters. The highest BCUT2D eigenvalue weighted by atomic mass is 32.1. The lowest BCUT2D eigenvalue weighted by Crippen LogP contribution is -2.44. The molecule has 7 heteroatoms. The SMILES string of the molecule is Cn1ccnc1NC1COC2(CCN(Cc3nccs3)CC2)C1. The molecule has 1 N–H and O–H groups in total. The first-order chi connectivity index (χ1) is 11.2. The Labute approximate surface area is 140 Å². The molecule has 124 valence electrons. The number of piperidine rings is 1. The van der Waals surface area contributed by atoms with Crippen LogP contribution in [0.5, 0.6) is 0 Å². The van der Waals surface area contributed by atoms with Gasteiger partial charge >= 0.3 is 0 Å². The van der Waals surface area contributed by atoms with Crippen molar-refractivity contribution >= 4 is 17.3 Å². The molecule has 0 aromatic carbocycles. The smallest absolute Gasteiger partial charge is 0.202 e. The molecule has 2 aliphatic rings. The van der Waals surface area contributed by atoms with Crippen LogP contribution in [0.1, 0.15) is 24.3 Å². The Morgan fingerprint density at radius 1 is 1.35 bits per heavy atom. The molecule has 0 aliphatic carbocycles. The molecule has 0 amide bonds. The third kappa shape index (κ3) is 3.27. The van der Waals surface area contributed by atoms with Gasteiger partial charge in [0, 0.05) is 44.1 Å². The third-order valence-corrected chi connectivity index (χ3v) is 5.74. The van der Waals surface area contributed by atoms with Crippen molar-refractivity contribution < 1.29 is 4.74 Å². The molecule has 23 heavy (non-hydrogen) atoms. The van der Waals surface area contributed by atoms with Crippen LogP contribution in [0, 0.1) is 0 Å². The molecule has 4 rings (SSSR count). The van der Waals surface area contributed by atoms with Crippen LogP contribution in [0.15, 0.2) is 24.0 Å². The van der Waals surface area contributed by atoms with E-state index in [2.05, 4.69) is 25.6 Å². The van der Waals surface area contributed by atoms with Crippen LogP contribution >= 0.6 is 11.3 Å². The van der Waals surface area contributed by atoms with Crippen LogP contribution in [0.3, 0.4) is 0 Å². The molecule has 0 radical (unpaired) electrons. The molecule has 0 bridgehead atoms. The lowest BCUT2D eigenvalue weighted by Gasteiger charge is -2.38. The van der Waals surface area contributed by atoms with E-state index in [0.29, 0.717) is 6.04 Å². The molecule has 0 saturated carbocycles. The summed E-state index contributed by atoms with van der Waals surface area (Å²) in [5.41, 5.74) is 0.0577. The number of hydrogen-bond donors (Lipinski definition) is 1. The average molecular weight is 333 g/mol. The summed E-state index contributed by atoms with van der Waals surface area (Å²) in [4.78, 5) is 11.2. The van der Waals surface area contributed by atoms with E-state index in [9.17, 15) is 0 Å². The zero-order valence-electron chi connectivity index (χ0n) is 13.4. The predicted octanol–water partition coefficient (Wildman–Crippen LogP) is 2.11. The second-order valence-corrected chi connectivity index (χ2v) is 7.58. The number of aromatic nitrogens is 3.